The van der Waals surface area contributed by atoms with E-state index in [4.69, 9.17) is 4.74 Å². The Kier molecular flexibility index (Phi) is 3.08. The van der Waals surface area contributed by atoms with Gasteiger partial charge in [-0.15, -0.1) is 0 Å². The van der Waals surface area contributed by atoms with Crippen LogP contribution in [-0.4, -0.2) is 18.8 Å². The van der Waals surface area contributed by atoms with E-state index in [-0.39, 0.29) is 0 Å². The number of benzene rings is 1. The van der Waals surface area contributed by atoms with Gasteiger partial charge in [-0.2, -0.15) is 0 Å². The summed E-state index contributed by atoms with van der Waals surface area (Å²) in [4.78, 5) is 0. The largest absolute Gasteiger partial charge is 0.385 e. The maximum Gasteiger partial charge on any atom is 0.0903 e. The molecule has 1 aliphatic carbocycles. The molecular weight excluding hydrogens is 188 g/mol. The Morgan fingerprint density at radius 1 is 1.40 bits per heavy atom. The molecule has 2 nitrogen and oxygen atoms in total. The second-order valence-corrected chi connectivity index (χ2v) is 4.29. The fourth-order valence-electron chi connectivity index (χ4n) is 2.44. The van der Waals surface area contributed by atoms with Gasteiger partial charge in [-0.1, -0.05) is 24.3 Å². The monoisotopic (exact) mass is 206 g/mol. The molecule has 1 atom stereocenters. The Bertz CT molecular complexity index is 335. The average Bonchev–Trinajstić information content (AvgIpc) is 2.59. The van der Waals surface area contributed by atoms with Gasteiger partial charge in [0.1, 0.15) is 0 Å². The lowest BCUT2D eigenvalue weighted by atomic mass is 9.91. The van der Waals surface area contributed by atoms with E-state index in [1.54, 1.807) is 7.11 Å². The van der Waals surface area contributed by atoms with Crippen LogP contribution in [-0.2, 0) is 16.8 Å². The highest BCUT2D eigenvalue weighted by molar-refractivity contribution is 5.36. The zero-order valence-electron chi connectivity index (χ0n) is 9.20. The van der Waals surface area contributed by atoms with Crippen molar-refractivity contribution in [3.63, 3.8) is 0 Å². The minimum atomic E-state index is -0.602. The summed E-state index contributed by atoms with van der Waals surface area (Å²) in [7, 11) is 1.70. The molecular formula is C13H18O2. The molecule has 0 radical (unpaired) electrons. The molecule has 1 aliphatic rings. The van der Waals surface area contributed by atoms with E-state index < -0.39 is 5.60 Å². The van der Waals surface area contributed by atoms with Crippen LogP contribution in [0.2, 0.25) is 0 Å². The van der Waals surface area contributed by atoms with E-state index in [1.807, 2.05) is 12.1 Å². The highest BCUT2D eigenvalue weighted by Gasteiger charge is 2.35. The summed E-state index contributed by atoms with van der Waals surface area (Å²) in [5, 5.41) is 10.5. The summed E-state index contributed by atoms with van der Waals surface area (Å²) < 4.78 is 5.02. The number of fused-ring (bicyclic) bond motifs is 1. The summed E-state index contributed by atoms with van der Waals surface area (Å²) in [6.07, 6.45) is 3.58. The van der Waals surface area contributed by atoms with E-state index in [9.17, 15) is 5.11 Å². The SMILES string of the molecule is COCCCC1(O)CCc2ccccc21. The molecule has 1 unspecified atom stereocenters. The maximum absolute atomic E-state index is 10.5. The first-order valence-corrected chi connectivity index (χ1v) is 5.56. The number of rotatable bonds is 4. The van der Waals surface area contributed by atoms with Gasteiger partial charge in [0.2, 0.25) is 0 Å². The molecule has 0 amide bonds. The van der Waals surface area contributed by atoms with Crippen LogP contribution in [0.15, 0.2) is 24.3 Å². The smallest absolute Gasteiger partial charge is 0.0903 e. The summed E-state index contributed by atoms with van der Waals surface area (Å²) in [6.45, 7) is 0.727. The molecule has 0 aliphatic heterocycles. The first kappa shape index (κ1) is 10.7. The fraction of sp³-hybridized carbons (Fsp3) is 0.538. The Labute approximate surface area is 90.9 Å². The zero-order valence-corrected chi connectivity index (χ0v) is 9.20. The first-order valence-electron chi connectivity index (χ1n) is 5.56. The first-order chi connectivity index (χ1) is 7.26. The number of ether oxygens (including phenoxy) is 1. The molecule has 1 aromatic carbocycles. The Balaban J connectivity index is 2.10. The topological polar surface area (TPSA) is 29.5 Å². The second-order valence-electron chi connectivity index (χ2n) is 4.29. The third-order valence-corrected chi connectivity index (χ3v) is 3.27. The average molecular weight is 206 g/mol. The van der Waals surface area contributed by atoms with Crippen molar-refractivity contribution in [2.75, 3.05) is 13.7 Å². The highest BCUT2D eigenvalue weighted by atomic mass is 16.5. The summed E-state index contributed by atoms with van der Waals surface area (Å²) in [5.74, 6) is 0. The predicted molar refractivity (Wildman–Crippen MR) is 59.8 cm³/mol. The Hall–Kier alpha value is -0.860. The van der Waals surface area contributed by atoms with Gasteiger partial charge in [0.05, 0.1) is 5.60 Å². The molecule has 0 bridgehead atoms. The molecule has 0 fully saturated rings. The fourth-order valence-corrected chi connectivity index (χ4v) is 2.44. The van der Waals surface area contributed by atoms with Gasteiger partial charge in [0.15, 0.2) is 0 Å². The van der Waals surface area contributed by atoms with E-state index >= 15 is 0 Å². The van der Waals surface area contributed by atoms with Crippen molar-refractivity contribution in [1.29, 1.82) is 0 Å². The van der Waals surface area contributed by atoms with Crippen molar-refractivity contribution >= 4 is 0 Å². The molecule has 0 spiro atoms. The maximum atomic E-state index is 10.5. The molecule has 0 aromatic heterocycles. The second kappa shape index (κ2) is 4.33. The predicted octanol–water partition coefficient (Wildman–Crippen LogP) is 2.25. The molecule has 1 aromatic rings. The van der Waals surface area contributed by atoms with Crippen LogP contribution < -0.4 is 0 Å². The number of aryl methyl sites for hydroxylation is 1. The molecule has 0 heterocycles. The van der Waals surface area contributed by atoms with Crippen LogP contribution in [0.3, 0.4) is 0 Å². The molecule has 2 rings (SSSR count). The zero-order chi connectivity index (χ0) is 10.7. The number of hydrogen-bond acceptors (Lipinski definition) is 2. The van der Waals surface area contributed by atoms with Crippen molar-refractivity contribution < 1.29 is 9.84 Å². The van der Waals surface area contributed by atoms with Gasteiger partial charge >= 0.3 is 0 Å². The molecule has 82 valence electrons. The van der Waals surface area contributed by atoms with Crippen LogP contribution in [0.4, 0.5) is 0 Å². The lowest BCUT2D eigenvalue weighted by molar-refractivity contribution is 0.0204. The lowest BCUT2D eigenvalue weighted by Gasteiger charge is -2.23. The van der Waals surface area contributed by atoms with Gasteiger partial charge in [0.25, 0.3) is 0 Å². The normalized spacial score (nSPS) is 24.1. The van der Waals surface area contributed by atoms with Crippen molar-refractivity contribution in [1.82, 2.24) is 0 Å². The summed E-state index contributed by atoms with van der Waals surface area (Å²) >= 11 is 0. The van der Waals surface area contributed by atoms with Crippen molar-refractivity contribution in [2.45, 2.75) is 31.3 Å². The lowest BCUT2D eigenvalue weighted by Crippen LogP contribution is -2.22. The van der Waals surface area contributed by atoms with Crippen molar-refractivity contribution in [3.05, 3.63) is 35.4 Å². The van der Waals surface area contributed by atoms with Crippen molar-refractivity contribution in [2.24, 2.45) is 0 Å². The molecule has 2 heteroatoms. The molecule has 15 heavy (non-hydrogen) atoms. The molecule has 1 N–H and O–H groups in total. The van der Waals surface area contributed by atoms with Gasteiger partial charge in [-0.3, -0.25) is 0 Å². The van der Waals surface area contributed by atoms with E-state index in [0.717, 1.165) is 37.9 Å². The van der Waals surface area contributed by atoms with Gasteiger partial charge in [-0.05, 0) is 36.8 Å². The standard InChI is InChI=1S/C13H18O2/c1-15-10-4-8-13(14)9-7-11-5-2-3-6-12(11)13/h2-3,5-6,14H,4,7-10H2,1H3. The van der Waals surface area contributed by atoms with E-state index in [0.29, 0.717) is 0 Å². The summed E-state index contributed by atoms with van der Waals surface area (Å²) in [6, 6.07) is 8.21. The Morgan fingerprint density at radius 3 is 3.00 bits per heavy atom. The number of aliphatic hydroxyl groups is 1. The van der Waals surface area contributed by atoms with Gasteiger partial charge in [0, 0.05) is 13.7 Å². The third kappa shape index (κ3) is 2.06. The minimum absolute atomic E-state index is 0.602. The molecule has 0 saturated carbocycles. The van der Waals surface area contributed by atoms with E-state index in [2.05, 4.69) is 12.1 Å². The van der Waals surface area contributed by atoms with Gasteiger partial charge in [-0.25, -0.2) is 0 Å². The van der Waals surface area contributed by atoms with Crippen LogP contribution in [0, 0.1) is 0 Å². The minimum Gasteiger partial charge on any atom is -0.385 e. The van der Waals surface area contributed by atoms with Crippen LogP contribution in [0.25, 0.3) is 0 Å². The third-order valence-electron chi connectivity index (χ3n) is 3.27. The van der Waals surface area contributed by atoms with Crippen molar-refractivity contribution in [3.8, 4) is 0 Å². The van der Waals surface area contributed by atoms with Crippen LogP contribution in [0.5, 0.6) is 0 Å². The Morgan fingerprint density at radius 2 is 2.20 bits per heavy atom. The molecule has 0 saturated heterocycles. The van der Waals surface area contributed by atoms with Gasteiger partial charge < -0.3 is 9.84 Å². The van der Waals surface area contributed by atoms with E-state index in [1.165, 1.54) is 5.56 Å². The number of methoxy groups -OCH3 is 1. The highest BCUT2D eigenvalue weighted by Crippen LogP contribution is 2.39. The van der Waals surface area contributed by atoms with Crippen LogP contribution in [0.1, 0.15) is 30.4 Å². The summed E-state index contributed by atoms with van der Waals surface area (Å²) in [5.41, 5.74) is 1.83. The quantitative estimate of drug-likeness (QED) is 0.766. The number of hydrogen-bond donors (Lipinski definition) is 1. The van der Waals surface area contributed by atoms with Crippen LogP contribution >= 0.6 is 0 Å².